The highest BCUT2D eigenvalue weighted by Crippen LogP contribution is 2.30. The maximum atomic E-state index is 13.2. The van der Waals surface area contributed by atoms with Crippen molar-refractivity contribution in [2.45, 2.75) is 6.92 Å². The maximum Gasteiger partial charge on any atom is 0.251 e. The Balaban J connectivity index is 2.30. The fourth-order valence-corrected chi connectivity index (χ4v) is 1.73. The summed E-state index contributed by atoms with van der Waals surface area (Å²) in [5.74, 6) is 0.159. The van der Waals surface area contributed by atoms with Crippen LogP contribution in [0.2, 0.25) is 0 Å². The molecule has 0 aliphatic heterocycles. The second-order valence-corrected chi connectivity index (χ2v) is 4.34. The van der Waals surface area contributed by atoms with Crippen LogP contribution in [0.1, 0.15) is 15.9 Å². The Labute approximate surface area is 116 Å². The molecule has 5 heteroatoms. The number of hydrogen-bond acceptors (Lipinski definition) is 3. The second-order valence-electron chi connectivity index (χ2n) is 4.34. The van der Waals surface area contributed by atoms with E-state index in [0.717, 1.165) is 5.56 Å². The highest BCUT2D eigenvalue weighted by atomic mass is 19.1. The van der Waals surface area contributed by atoms with Crippen LogP contribution >= 0.6 is 0 Å². The highest BCUT2D eigenvalue weighted by Gasteiger charge is 2.09. The lowest BCUT2D eigenvalue weighted by Crippen LogP contribution is -2.17. The van der Waals surface area contributed by atoms with Gasteiger partial charge >= 0.3 is 0 Å². The number of amides is 1. The van der Waals surface area contributed by atoms with Gasteiger partial charge in [0.05, 0.1) is 5.69 Å². The molecule has 0 aromatic heterocycles. The lowest BCUT2D eigenvalue weighted by Gasteiger charge is -2.11. The predicted molar refractivity (Wildman–Crippen MR) is 75.5 cm³/mol. The van der Waals surface area contributed by atoms with E-state index in [1.807, 2.05) is 6.92 Å². The molecule has 0 saturated carbocycles. The van der Waals surface area contributed by atoms with Crippen molar-refractivity contribution in [2.75, 3.05) is 12.8 Å². The summed E-state index contributed by atoms with van der Waals surface area (Å²) in [4.78, 5) is 11.5. The predicted octanol–water partition coefficient (Wildman–Crippen LogP) is 2.87. The number of rotatable bonds is 3. The summed E-state index contributed by atoms with van der Waals surface area (Å²) in [7, 11) is 1.54. The molecule has 0 fully saturated rings. The van der Waals surface area contributed by atoms with E-state index in [2.05, 4.69) is 5.32 Å². The molecule has 1 amide bonds. The van der Waals surface area contributed by atoms with Crippen molar-refractivity contribution in [1.29, 1.82) is 0 Å². The summed E-state index contributed by atoms with van der Waals surface area (Å²) in [5.41, 5.74) is 7.40. The molecular formula is C15H15FN2O2. The third kappa shape index (κ3) is 2.88. The van der Waals surface area contributed by atoms with Crippen LogP contribution in [0.3, 0.4) is 0 Å². The zero-order valence-electron chi connectivity index (χ0n) is 11.2. The van der Waals surface area contributed by atoms with Crippen molar-refractivity contribution < 1.29 is 13.9 Å². The number of nitrogens with one attached hydrogen (secondary N) is 1. The number of aryl methyl sites for hydroxylation is 1. The van der Waals surface area contributed by atoms with E-state index in [0.29, 0.717) is 22.7 Å². The summed E-state index contributed by atoms with van der Waals surface area (Å²) in [6.07, 6.45) is 0. The van der Waals surface area contributed by atoms with Crippen molar-refractivity contribution in [3.63, 3.8) is 0 Å². The van der Waals surface area contributed by atoms with E-state index in [1.165, 1.54) is 18.2 Å². The van der Waals surface area contributed by atoms with Crippen LogP contribution in [0, 0.1) is 12.7 Å². The van der Waals surface area contributed by atoms with Crippen LogP contribution < -0.4 is 15.8 Å². The molecule has 0 saturated heterocycles. The Morgan fingerprint density at radius 2 is 1.95 bits per heavy atom. The quantitative estimate of drug-likeness (QED) is 0.846. The maximum absolute atomic E-state index is 13.2. The minimum atomic E-state index is -0.383. The van der Waals surface area contributed by atoms with E-state index in [1.54, 1.807) is 25.2 Å². The Hall–Kier alpha value is -2.56. The minimum absolute atomic E-state index is 0.231. The van der Waals surface area contributed by atoms with Gasteiger partial charge in [-0.1, -0.05) is 6.07 Å². The monoisotopic (exact) mass is 274 g/mol. The number of carbonyl (C=O) groups excluding carboxylic acids is 1. The van der Waals surface area contributed by atoms with Gasteiger partial charge in [0.15, 0.2) is 0 Å². The lowest BCUT2D eigenvalue weighted by atomic mass is 10.1. The average molecular weight is 274 g/mol. The Kier molecular flexibility index (Phi) is 3.89. The largest absolute Gasteiger partial charge is 0.455 e. The molecule has 20 heavy (non-hydrogen) atoms. The number of nitrogen functional groups attached to an aromatic ring is 1. The van der Waals surface area contributed by atoms with Crippen LogP contribution in [0.15, 0.2) is 36.4 Å². The fourth-order valence-electron chi connectivity index (χ4n) is 1.73. The van der Waals surface area contributed by atoms with Crippen molar-refractivity contribution in [3.8, 4) is 11.5 Å². The van der Waals surface area contributed by atoms with E-state index >= 15 is 0 Å². The normalized spacial score (nSPS) is 10.2. The van der Waals surface area contributed by atoms with Crippen molar-refractivity contribution in [2.24, 2.45) is 0 Å². The van der Waals surface area contributed by atoms with Crippen LogP contribution in [-0.4, -0.2) is 13.0 Å². The number of ether oxygens (including phenoxy) is 1. The SMILES string of the molecule is CNC(=O)c1ccc(Oc2cc(F)ccc2C)c(N)c1. The molecule has 2 aromatic carbocycles. The lowest BCUT2D eigenvalue weighted by molar-refractivity contribution is 0.0963. The second kappa shape index (κ2) is 5.61. The molecule has 0 bridgehead atoms. The topological polar surface area (TPSA) is 64.3 Å². The number of benzene rings is 2. The fraction of sp³-hybridized carbons (Fsp3) is 0.133. The van der Waals surface area contributed by atoms with Crippen LogP contribution in [0.4, 0.5) is 10.1 Å². The molecule has 2 aromatic rings. The third-order valence-electron chi connectivity index (χ3n) is 2.87. The van der Waals surface area contributed by atoms with Crippen LogP contribution in [0.25, 0.3) is 0 Å². The summed E-state index contributed by atoms with van der Waals surface area (Å²) < 4.78 is 18.8. The molecule has 0 radical (unpaired) electrons. The van der Waals surface area contributed by atoms with E-state index in [9.17, 15) is 9.18 Å². The third-order valence-corrected chi connectivity index (χ3v) is 2.87. The molecule has 3 N–H and O–H groups in total. The summed E-state index contributed by atoms with van der Waals surface area (Å²) in [5, 5.41) is 2.51. The van der Waals surface area contributed by atoms with E-state index in [-0.39, 0.29) is 11.7 Å². The first-order valence-corrected chi connectivity index (χ1v) is 6.07. The zero-order valence-corrected chi connectivity index (χ0v) is 11.2. The molecule has 0 atom stereocenters. The van der Waals surface area contributed by atoms with Gasteiger partial charge in [-0.2, -0.15) is 0 Å². The number of anilines is 1. The molecule has 0 aliphatic carbocycles. The van der Waals surface area contributed by atoms with Gasteiger partial charge in [0, 0.05) is 18.7 Å². The molecule has 0 heterocycles. The summed E-state index contributed by atoms with van der Waals surface area (Å²) >= 11 is 0. The summed E-state index contributed by atoms with van der Waals surface area (Å²) in [6.45, 7) is 1.81. The molecule has 0 unspecified atom stereocenters. The van der Waals surface area contributed by atoms with Gasteiger partial charge < -0.3 is 15.8 Å². The average Bonchev–Trinajstić information content (AvgIpc) is 2.44. The van der Waals surface area contributed by atoms with Gasteiger partial charge in [-0.05, 0) is 36.8 Å². The molecule has 0 spiro atoms. The van der Waals surface area contributed by atoms with Crippen LogP contribution in [-0.2, 0) is 0 Å². The van der Waals surface area contributed by atoms with Crippen molar-refractivity contribution in [1.82, 2.24) is 5.32 Å². The first-order valence-electron chi connectivity index (χ1n) is 6.07. The highest BCUT2D eigenvalue weighted by molar-refractivity contribution is 5.95. The Morgan fingerprint density at radius 1 is 1.20 bits per heavy atom. The first kappa shape index (κ1) is 13.9. The number of carbonyl (C=O) groups is 1. The van der Waals surface area contributed by atoms with E-state index in [4.69, 9.17) is 10.5 Å². The molecule has 104 valence electrons. The van der Waals surface area contributed by atoms with Crippen molar-refractivity contribution in [3.05, 3.63) is 53.3 Å². The Bertz CT molecular complexity index is 656. The summed E-state index contributed by atoms with van der Waals surface area (Å²) in [6, 6.07) is 8.98. The molecule has 0 aliphatic rings. The molecule has 2 rings (SSSR count). The smallest absolute Gasteiger partial charge is 0.251 e. The van der Waals surface area contributed by atoms with E-state index < -0.39 is 0 Å². The van der Waals surface area contributed by atoms with Gasteiger partial charge in [0.1, 0.15) is 17.3 Å². The first-order chi connectivity index (χ1) is 9.51. The van der Waals surface area contributed by atoms with Crippen molar-refractivity contribution >= 4 is 11.6 Å². The van der Waals surface area contributed by atoms with Gasteiger partial charge in [0.25, 0.3) is 5.91 Å². The van der Waals surface area contributed by atoms with Gasteiger partial charge in [0.2, 0.25) is 0 Å². The zero-order chi connectivity index (χ0) is 14.7. The molecule has 4 nitrogen and oxygen atoms in total. The van der Waals surface area contributed by atoms with Crippen LogP contribution in [0.5, 0.6) is 11.5 Å². The Morgan fingerprint density at radius 3 is 2.60 bits per heavy atom. The number of nitrogens with two attached hydrogens (primary N) is 1. The molecular weight excluding hydrogens is 259 g/mol. The van der Waals surface area contributed by atoms with Gasteiger partial charge in [-0.3, -0.25) is 4.79 Å². The standard InChI is InChI=1S/C15H15FN2O2/c1-9-3-5-11(16)8-14(9)20-13-6-4-10(7-12(13)17)15(19)18-2/h3-8H,17H2,1-2H3,(H,18,19). The minimum Gasteiger partial charge on any atom is -0.455 e. The van der Waals surface area contributed by atoms with Gasteiger partial charge in [-0.25, -0.2) is 4.39 Å². The number of halogens is 1. The van der Waals surface area contributed by atoms with Gasteiger partial charge in [-0.15, -0.1) is 0 Å². The number of hydrogen-bond donors (Lipinski definition) is 2.